The Kier molecular flexibility index (Phi) is 11.4. The van der Waals surface area contributed by atoms with Gasteiger partial charge in [-0.25, -0.2) is 17.6 Å². The monoisotopic (exact) mass is 652 g/mol. The number of anilines is 2. The number of rotatable bonds is 10. The van der Waals surface area contributed by atoms with E-state index >= 15 is 0 Å². The summed E-state index contributed by atoms with van der Waals surface area (Å²) in [5.41, 5.74) is 4.45. The quantitative estimate of drug-likeness (QED) is 0.186. The van der Waals surface area contributed by atoms with Crippen molar-refractivity contribution in [3.8, 4) is 11.5 Å². The van der Waals surface area contributed by atoms with E-state index < -0.39 is 10.0 Å². The number of sulfonamides is 1. The Morgan fingerprint density at radius 3 is 2.07 bits per heavy atom. The normalized spacial score (nSPS) is 13.8. The number of ether oxygens (including phenoxy) is 1. The van der Waals surface area contributed by atoms with E-state index in [1.807, 2.05) is 41.3 Å². The number of nitrogens with zero attached hydrogens (tertiary/aromatic N) is 2. The summed E-state index contributed by atoms with van der Waals surface area (Å²) in [6.07, 6.45) is 2.79. The van der Waals surface area contributed by atoms with Gasteiger partial charge in [-0.2, -0.15) is 0 Å². The summed E-state index contributed by atoms with van der Waals surface area (Å²) in [5, 5.41) is 2.96. The van der Waals surface area contributed by atoms with Crippen LogP contribution in [0.25, 0.3) is 0 Å². The molecule has 1 fully saturated rings. The number of urea groups is 1. The second kappa shape index (κ2) is 15.2. The molecule has 0 aliphatic carbocycles. The van der Waals surface area contributed by atoms with Crippen LogP contribution in [0, 0.1) is 12.7 Å². The number of carbonyl (C=O) groups excluding carboxylic acids is 1. The lowest BCUT2D eigenvalue weighted by Gasteiger charge is -2.39. The number of carbonyl (C=O) groups is 1. The minimum Gasteiger partial charge on any atom is -0.457 e. The van der Waals surface area contributed by atoms with Crippen LogP contribution in [0.5, 0.6) is 11.5 Å². The van der Waals surface area contributed by atoms with Crippen LogP contribution in [0.3, 0.4) is 0 Å². The molecular weight excluding hydrogens is 615 g/mol. The molecule has 0 aromatic heterocycles. The molecule has 5 rings (SSSR count). The topological polar surface area (TPSA) is 91.0 Å². The largest absolute Gasteiger partial charge is 0.457 e. The van der Waals surface area contributed by atoms with Gasteiger partial charge in [0.2, 0.25) is 10.0 Å². The van der Waals surface area contributed by atoms with Gasteiger partial charge in [0.05, 0.1) is 6.26 Å². The highest BCUT2D eigenvalue weighted by Crippen LogP contribution is 2.26. The number of aryl methyl sites for hydroxylation is 1. The maximum atomic E-state index is 13.5. The number of piperidine rings is 1. The zero-order valence-electron chi connectivity index (χ0n) is 25.3. The Labute approximate surface area is 270 Å². The summed E-state index contributed by atoms with van der Waals surface area (Å²) in [5.74, 6) is 0.957. The first-order valence-corrected chi connectivity index (χ1v) is 16.5. The van der Waals surface area contributed by atoms with Gasteiger partial charge in [-0.15, -0.1) is 12.4 Å². The summed E-state index contributed by atoms with van der Waals surface area (Å²) in [4.78, 5) is 17.8. The lowest BCUT2D eigenvalue weighted by Crippen LogP contribution is -2.48. The van der Waals surface area contributed by atoms with E-state index in [9.17, 15) is 17.6 Å². The summed E-state index contributed by atoms with van der Waals surface area (Å²) < 4.78 is 44.6. The van der Waals surface area contributed by atoms with Crippen LogP contribution >= 0.6 is 12.4 Å². The van der Waals surface area contributed by atoms with Gasteiger partial charge < -0.3 is 15.0 Å². The smallest absolute Gasteiger partial charge is 0.322 e. The minimum absolute atomic E-state index is 0. The van der Waals surface area contributed by atoms with Gasteiger partial charge in [0.1, 0.15) is 17.3 Å². The maximum Gasteiger partial charge on any atom is 0.322 e. The van der Waals surface area contributed by atoms with Gasteiger partial charge >= 0.3 is 6.03 Å². The second-order valence-electron chi connectivity index (χ2n) is 11.1. The lowest BCUT2D eigenvalue weighted by atomic mass is 10.0. The third-order valence-electron chi connectivity index (χ3n) is 7.68. The van der Waals surface area contributed by atoms with Crippen molar-refractivity contribution in [2.24, 2.45) is 0 Å². The van der Waals surface area contributed by atoms with Crippen molar-refractivity contribution in [3.63, 3.8) is 0 Å². The minimum atomic E-state index is -3.33. The highest BCUT2D eigenvalue weighted by Gasteiger charge is 2.28. The first kappa shape index (κ1) is 33.8. The van der Waals surface area contributed by atoms with Crippen molar-refractivity contribution in [2.75, 3.05) is 29.4 Å². The van der Waals surface area contributed by atoms with Crippen LogP contribution in [0.4, 0.5) is 20.6 Å². The number of benzene rings is 4. The summed E-state index contributed by atoms with van der Waals surface area (Å²) in [6, 6.07) is 28.5. The van der Waals surface area contributed by atoms with Crippen molar-refractivity contribution in [2.45, 2.75) is 38.9 Å². The first-order valence-electron chi connectivity index (χ1n) is 14.6. The second-order valence-corrected chi connectivity index (χ2v) is 12.9. The van der Waals surface area contributed by atoms with Crippen molar-refractivity contribution < 1.29 is 22.3 Å². The number of hydrogen-bond donors (Lipinski definition) is 2. The van der Waals surface area contributed by atoms with Crippen LogP contribution in [0.2, 0.25) is 0 Å². The van der Waals surface area contributed by atoms with E-state index in [4.69, 9.17) is 4.74 Å². The first-order chi connectivity index (χ1) is 21.1. The number of hydrogen-bond acceptors (Lipinski definition) is 5. The van der Waals surface area contributed by atoms with E-state index in [0.717, 1.165) is 55.4 Å². The van der Waals surface area contributed by atoms with Gasteiger partial charge in [0, 0.05) is 43.6 Å². The molecule has 45 heavy (non-hydrogen) atoms. The van der Waals surface area contributed by atoms with Crippen molar-refractivity contribution in [1.82, 2.24) is 9.80 Å². The molecular formula is C34H38ClFN4O4S. The molecule has 1 heterocycles. The molecule has 238 valence electrons. The van der Waals surface area contributed by atoms with Crippen LogP contribution in [0.15, 0.2) is 97.1 Å². The van der Waals surface area contributed by atoms with Gasteiger partial charge in [0.25, 0.3) is 0 Å². The Balaban J connectivity index is 0.00000461. The van der Waals surface area contributed by atoms with E-state index in [1.54, 1.807) is 36.4 Å². The number of nitrogens with one attached hydrogen (secondary N) is 2. The molecule has 0 spiro atoms. The van der Waals surface area contributed by atoms with Crippen molar-refractivity contribution in [1.29, 1.82) is 0 Å². The molecule has 0 unspecified atom stereocenters. The fraction of sp³-hybridized carbons (Fsp3) is 0.265. The van der Waals surface area contributed by atoms with Crippen LogP contribution in [-0.2, 0) is 23.1 Å². The van der Waals surface area contributed by atoms with Gasteiger partial charge in [0.15, 0.2) is 0 Å². The molecule has 0 radical (unpaired) electrons. The Morgan fingerprint density at radius 2 is 1.47 bits per heavy atom. The fourth-order valence-electron chi connectivity index (χ4n) is 5.32. The predicted octanol–water partition coefficient (Wildman–Crippen LogP) is 7.42. The average molecular weight is 653 g/mol. The zero-order chi connectivity index (χ0) is 31.1. The van der Waals surface area contributed by atoms with E-state index in [1.165, 1.54) is 12.1 Å². The molecule has 11 heteroatoms. The molecule has 0 saturated carbocycles. The van der Waals surface area contributed by atoms with Crippen molar-refractivity contribution >= 4 is 39.8 Å². The van der Waals surface area contributed by atoms with Gasteiger partial charge in [-0.3, -0.25) is 9.62 Å². The molecule has 4 aromatic carbocycles. The summed E-state index contributed by atoms with van der Waals surface area (Å²) in [6.45, 7) is 5.05. The Morgan fingerprint density at radius 1 is 0.889 bits per heavy atom. The van der Waals surface area contributed by atoms with Crippen molar-refractivity contribution in [3.05, 3.63) is 120 Å². The molecule has 8 nitrogen and oxygen atoms in total. The SMILES string of the molecule is Cc1ccccc1CN(C(=O)Nc1ccc(F)cc1)C1CCN(Cc2ccc(Oc3ccc(NS(C)(=O)=O)cc3)cc2)CC1.Cl. The lowest BCUT2D eigenvalue weighted by molar-refractivity contribution is 0.119. The zero-order valence-corrected chi connectivity index (χ0v) is 26.9. The Hall–Kier alpha value is -4.12. The number of halogens is 2. The van der Waals surface area contributed by atoms with Gasteiger partial charge in [-0.1, -0.05) is 36.4 Å². The van der Waals surface area contributed by atoms with E-state index in [-0.39, 0.29) is 30.3 Å². The molecule has 1 aliphatic rings. The fourth-order valence-corrected chi connectivity index (χ4v) is 5.88. The molecule has 1 aliphatic heterocycles. The van der Waals surface area contributed by atoms with Crippen LogP contribution in [0.1, 0.15) is 29.5 Å². The highest BCUT2D eigenvalue weighted by molar-refractivity contribution is 7.92. The number of amides is 2. The van der Waals surface area contributed by atoms with E-state index in [2.05, 4.69) is 34.0 Å². The summed E-state index contributed by atoms with van der Waals surface area (Å²) in [7, 11) is -3.33. The molecule has 2 amide bonds. The summed E-state index contributed by atoms with van der Waals surface area (Å²) >= 11 is 0. The molecule has 0 bridgehead atoms. The standard InChI is InChI=1S/C34H37FN4O4S.ClH/c1-25-5-3-4-6-27(25)24-39(34(40)36-29-11-9-28(35)10-12-29)31-19-21-38(22-20-31)23-26-7-15-32(16-8-26)43-33-17-13-30(14-18-33)37-44(2,41)42;/h3-18,31,37H,19-24H2,1-2H3,(H,36,40);1H. The Bertz CT molecular complexity index is 1660. The predicted molar refractivity (Wildman–Crippen MR) is 179 cm³/mol. The van der Waals surface area contributed by atoms with E-state index in [0.29, 0.717) is 29.4 Å². The molecule has 2 N–H and O–H groups in total. The van der Waals surface area contributed by atoms with Crippen LogP contribution in [-0.4, -0.2) is 49.6 Å². The highest BCUT2D eigenvalue weighted by atomic mass is 35.5. The number of likely N-dealkylation sites (tertiary alicyclic amines) is 1. The molecule has 0 atom stereocenters. The molecule has 1 saturated heterocycles. The third-order valence-corrected chi connectivity index (χ3v) is 8.29. The average Bonchev–Trinajstić information content (AvgIpc) is 3.00. The van der Waals surface area contributed by atoms with Gasteiger partial charge in [-0.05, 0) is 97.1 Å². The third kappa shape index (κ3) is 9.94. The molecule has 4 aromatic rings. The van der Waals surface area contributed by atoms with Crippen LogP contribution < -0.4 is 14.8 Å². The maximum absolute atomic E-state index is 13.5.